The minimum atomic E-state index is -0.784. The minimum absolute atomic E-state index is 0.0790. The molecule has 83 heavy (non-hydrogen) atoms. The van der Waals surface area contributed by atoms with E-state index in [1.807, 2.05) is 0 Å². The van der Waals surface area contributed by atoms with Crippen molar-refractivity contribution in [3.8, 4) is 0 Å². The van der Waals surface area contributed by atoms with Crippen molar-refractivity contribution >= 4 is 17.9 Å². The molecule has 482 valence electrons. The lowest BCUT2D eigenvalue weighted by Gasteiger charge is -2.18. The van der Waals surface area contributed by atoms with Crippen LogP contribution in [-0.2, 0) is 28.6 Å². The van der Waals surface area contributed by atoms with Crippen LogP contribution >= 0.6 is 0 Å². The molecule has 0 fully saturated rings. The number of hydrogen-bond donors (Lipinski definition) is 0. The highest BCUT2D eigenvalue weighted by atomic mass is 16.6. The van der Waals surface area contributed by atoms with E-state index in [2.05, 4.69) is 93.7 Å². The molecule has 0 amide bonds. The fourth-order valence-electron chi connectivity index (χ4n) is 10.8. The molecule has 6 nitrogen and oxygen atoms in total. The van der Waals surface area contributed by atoms with Gasteiger partial charge in [0.05, 0.1) is 0 Å². The third kappa shape index (κ3) is 69.5. The maximum Gasteiger partial charge on any atom is 0.306 e. The molecule has 0 aliphatic carbocycles. The minimum Gasteiger partial charge on any atom is -0.462 e. The summed E-state index contributed by atoms with van der Waals surface area (Å²) >= 11 is 0. The molecule has 6 heteroatoms. The van der Waals surface area contributed by atoms with Crippen LogP contribution in [0.15, 0.2) is 72.9 Å². The molecule has 0 bridgehead atoms. The van der Waals surface area contributed by atoms with E-state index in [0.717, 1.165) is 109 Å². The van der Waals surface area contributed by atoms with Crippen molar-refractivity contribution in [1.29, 1.82) is 0 Å². The maximum absolute atomic E-state index is 12.9. The summed E-state index contributed by atoms with van der Waals surface area (Å²) in [4.78, 5) is 38.4. The lowest BCUT2D eigenvalue weighted by atomic mass is 10.0. The van der Waals surface area contributed by atoms with Gasteiger partial charge in [0, 0.05) is 19.3 Å². The molecule has 1 unspecified atom stereocenters. The third-order valence-corrected chi connectivity index (χ3v) is 16.2. The highest BCUT2D eigenvalue weighted by Crippen LogP contribution is 2.18. The van der Waals surface area contributed by atoms with Crippen LogP contribution in [0.4, 0.5) is 0 Å². The highest BCUT2D eigenvalue weighted by Gasteiger charge is 2.19. The predicted molar refractivity (Wildman–Crippen MR) is 362 cm³/mol. The van der Waals surface area contributed by atoms with Gasteiger partial charge in [-0.3, -0.25) is 14.4 Å². The summed E-state index contributed by atoms with van der Waals surface area (Å²) in [6.45, 7) is 6.55. The van der Waals surface area contributed by atoms with Crippen LogP contribution in [-0.4, -0.2) is 37.2 Å². The lowest BCUT2D eigenvalue weighted by Crippen LogP contribution is -2.30. The number of carbonyl (C=O) groups excluding carboxylic acids is 3. The topological polar surface area (TPSA) is 78.9 Å². The number of ether oxygens (including phenoxy) is 3. The Balaban J connectivity index is 4.14. The van der Waals surface area contributed by atoms with Gasteiger partial charge in [-0.25, -0.2) is 0 Å². The van der Waals surface area contributed by atoms with E-state index in [0.29, 0.717) is 19.3 Å². The van der Waals surface area contributed by atoms with Gasteiger partial charge in [0.25, 0.3) is 0 Å². The molecule has 0 aliphatic heterocycles. The van der Waals surface area contributed by atoms with Gasteiger partial charge >= 0.3 is 17.9 Å². The van der Waals surface area contributed by atoms with Crippen molar-refractivity contribution in [2.45, 2.75) is 386 Å². The summed E-state index contributed by atoms with van der Waals surface area (Å²) in [5, 5.41) is 0. The molecule has 0 rings (SSSR count). The molecule has 0 aromatic rings. The maximum atomic E-state index is 12.9. The molecule has 0 spiro atoms. The summed E-state index contributed by atoms with van der Waals surface area (Å²) in [5.74, 6) is -0.878. The van der Waals surface area contributed by atoms with E-state index in [1.165, 1.54) is 231 Å². The van der Waals surface area contributed by atoms with Gasteiger partial charge in [-0.15, -0.1) is 0 Å². The zero-order chi connectivity index (χ0) is 59.9. The number of carbonyl (C=O) groups is 3. The van der Waals surface area contributed by atoms with E-state index in [4.69, 9.17) is 14.2 Å². The zero-order valence-corrected chi connectivity index (χ0v) is 55.5. The molecule has 0 aliphatic rings. The third-order valence-electron chi connectivity index (χ3n) is 16.2. The second-order valence-electron chi connectivity index (χ2n) is 24.5. The molecular formula is C77H138O6. The molecule has 0 saturated heterocycles. The van der Waals surface area contributed by atoms with Crippen molar-refractivity contribution in [2.75, 3.05) is 13.2 Å². The predicted octanol–water partition coefficient (Wildman–Crippen LogP) is 25.2. The zero-order valence-electron chi connectivity index (χ0n) is 55.5. The highest BCUT2D eigenvalue weighted by molar-refractivity contribution is 5.71. The summed E-state index contributed by atoms with van der Waals surface area (Å²) in [5.41, 5.74) is 0. The summed E-state index contributed by atoms with van der Waals surface area (Å²) in [6, 6.07) is 0. The number of unbranched alkanes of at least 4 members (excludes halogenated alkanes) is 44. The smallest absolute Gasteiger partial charge is 0.306 e. The second kappa shape index (κ2) is 71.3. The van der Waals surface area contributed by atoms with E-state index >= 15 is 0 Å². The number of rotatable bonds is 67. The molecule has 0 radical (unpaired) electrons. The van der Waals surface area contributed by atoms with Crippen LogP contribution in [0.3, 0.4) is 0 Å². The Morgan fingerprint density at radius 1 is 0.253 bits per heavy atom. The van der Waals surface area contributed by atoms with Gasteiger partial charge in [-0.1, -0.05) is 344 Å². The first-order chi connectivity index (χ1) is 41.0. The molecule has 0 N–H and O–H groups in total. The number of allylic oxidation sites excluding steroid dienone is 12. The molecule has 1 atom stereocenters. The Morgan fingerprint density at radius 2 is 0.470 bits per heavy atom. The Hall–Kier alpha value is -3.15. The van der Waals surface area contributed by atoms with Crippen LogP contribution in [0.25, 0.3) is 0 Å². The van der Waals surface area contributed by atoms with Crippen LogP contribution in [0.5, 0.6) is 0 Å². The average molecular weight is 1160 g/mol. The SMILES string of the molecule is CC/C=C\C/C=C\C/C=C\C/C=C\C/C=C\CCCCCCCC(=O)OC(COC(=O)CCCCCCCCCCCCC)COC(=O)CCCCCCCCCCCCCCCCCCCCCCC/C=C\CCCCCCCCCC. The molecular weight excluding hydrogens is 1020 g/mol. The largest absolute Gasteiger partial charge is 0.462 e. The van der Waals surface area contributed by atoms with E-state index in [-0.39, 0.29) is 31.1 Å². The Kier molecular flexibility index (Phi) is 68.6. The quantitative estimate of drug-likeness (QED) is 0.0261. The molecule has 0 aromatic carbocycles. The number of esters is 3. The second-order valence-corrected chi connectivity index (χ2v) is 24.5. The van der Waals surface area contributed by atoms with Crippen molar-refractivity contribution in [3.63, 3.8) is 0 Å². The van der Waals surface area contributed by atoms with Crippen LogP contribution < -0.4 is 0 Å². The van der Waals surface area contributed by atoms with Gasteiger partial charge in [0.2, 0.25) is 0 Å². The van der Waals surface area contributed by atoms with E-state index in [1.54, 1.807) is 0 Å². The Labute approximate surface area is 516 Å². The van der Waals surface area contributed by atoms with E-state index < -0.39 is 6.10 Å². The lowest BCUT2D eigenvalue weighted by molar-refractivity contribution is -0.167. The average Bonchev–Trinajstić information content (AvgIpc) is 3.48. The summed E-state index contributed by atoms with van der Waals surface area (Å²) in [7, 11) is 0. The van der Waals surface area contributed by atoms with Crippen molar-refractivity contribution < 1.29 is 28.6 Å². The Bertz CT molecular complexity index is 1520. The van der Waals surface area contributed by atoms with Crippen LogP contribution in [0.2, 0.25) is 0 Å². The first-order valence-electron chi connectivity index (χ1n) is 36.4. The van der Waals surface area contributed by atoms with Gasteiger partial charge in [-0.2, -0.15) is 0 Å². The first kappa shape index (κ1) is 79.8. The van der Waals surface area contributed by atoms with Gasteiger partial charge < -0.3 is 14.2 Å². The van der Waals surface area contributed by atoms with Gasteiger partial charge in [-0.05, 0) is 89.9 Å². The number of hydrogen-bond acceptors (Lipinski definition) is 6. The summed E-state index contributed by atoms with van der Waals surface area (Å²) in [6.07, 6.45) is 93.8. The van der Waals surface area contributed by atoms with Crippen molar-refractivity contribution in [3.05, 3.63) is 72.9 Å². The van der Waals surface area contributed by atoms with Crippen LogP contribution in [0.1, 0.15) is 380 Å². The Morgan fingerprint density at radius 3 is 0.747 bits per heavy atom. The molecule has 0 saturated carbocycles. The molecule has 0 heterocycles. The van der Waals surface area contributed by atoms with Gasteiger partial charge in [0.1, 0.15) is 13.2 Å². The van der Waals surface area contributed by atoms with Crippen molar-refractivity contribution in [2.24, 2.45) is 0 Å². The molecule has 0 aromatic heterocycles. The fourth-order valence-corrected chi connectivity index (χ4v) is 10.8. The van der Waals surface area contributed by atoms with Gasteiger partial charge in [0.15, 0.2) is 6.10 Å². The van der Waals surface area contributed by atoms with Crippen LogP contribution in [0, 0.1) is 0 Å². The normalized spacial score (nSPS) is 12.5. The van der Waals surface area contributed by atoms with Crippen molar-refractivity contribution in [1.82, 2.24) is 0 Å². The van der Waals surface area contributed by atoms with E-state index in [9.17, 15) is 14.4 Å². The standard InChI is InChI=1S/C77H138O6/c1-4-7-10-13-16-19-22-24-26-28-30-32-33-34-35-36-37-38-39-40-41-42-43-45-46-48-50-52-55-58-61-64-67-70-76(79)82-73-74(72-81-75(78)69-66-63-60-57-54-21-18-15-12-9-6-3)83-77(80)71-68-65-62-59-56-53-51-49-47-44-31-29-27-25-23-20-17-14-11-8-5-2/h8,11,17,20,25,27-28,30-31,44,49,51,74H,4-7,9-10,12-16,18-19,21-24,26,29,32-43,45-48,50,52-73H2,1-3H3/b11-8-,20-17-,27-25-,30-28-,44-31-,51-49-. The first-order valence-corrected chi connectivity index (χ1v) is 36.4. The fraction of sp³-hybridized carbons (Fsp3) is 0.805. The monoisotopic (exact) mass is 1160 g/mol. The summed E-state index contributed by atoms with van der Waals surface area (Å²) < 4.78 is 16.9.